The molecule has 1 aliphatic rings. The first-order valence-electron chi connectivity index (χ1n) is 9.68. The Balaban J connectivity index is 1.88. The Morgan fingerprint density at radius 3 is 2.59 bits per heavy atom. The lowest BCUT2D eigenvalue weighted by Gasteiger charge is -2.29. The molecule has 27 heavy (non-hydrogen) atoms. The van der Waals surface area contributed by atoms with Crippen LogP contribution < -0.4 is 14.8 Å². The van der Waals surface area contributed by atoms with Crippen LogP contribution in [0.5, 0.6) is 11.5 Å². The van der Waals surface area contributed by atoms with Crippen molar-refractivity contribution in [3.05, 3.63) is 23.8 Å². The van der Waals surface area contributed by atoms with E-state index in [-0.39, 0.29) is 18.6 Å². The van der Waals surface area contributed by atoms with Gasteiger partial charge in [0.1, 0.15) is 0 Å². The van der Waals surface area contributed by atoms with E-state index in [9.17, 15) is 9.59 Å². The summed E-state index contributed by atoms with van der Waals surface area (Å²) in [5.74, 6) is 1.06. The Kier molecular flexibility index (Phi) is 7.95. The van der Waals surface area contributed by atoms with Crippen molar-refractivity contribution in [1.29, 1.82) is 0 Å². The van der Waals surface area contributed by atoms with Crippen molar-refractivity contribution in [2.45, 2.75) is 52.5 Å². The van der Waals surface area contributed by atoms with Crippen LogP contribution in [0.1, 0.15) is 56.8 Å². The van der Waals surface area contributed by atoms with Gasteiger partial charge in [-0.15, -0.1) is 0 Å². The molecular weight excluding hydrogens is 346 g/mol. The molecule has 6 nitrogen and oxygen atoms in total. The average molecular weight is 377 g/mol. The van der Waals surface area contributed by atoms with E-state index in [0.29, 0.717) is 35.5 Å². The minimum Gasteiger partial charge on any atom is -0.493 e. The molecule has 1 amide bonds. The molecule has 0 bridgehead atoms. The van der Waals surface area contributed by atoms with Crippen LogP contribution in [0, 0.1) is 11.8 Å². The van der Waals surface area contributed by atoms with E-state index < -0.39 is 5.97 Å². The second-order valence-corrected chi connectivity index (χ2v) is 7.58. The van der Waals surface area contributed by atoms with Gasteiger partial charge in [0.25, 0.3) is 5.91 Å². The largest absolute Gasteiger partial charge is 0.493 e. The molecule has 2 rings (SSSR count). The van der Waals surface area contributed by atoms with Crippen LogP contribution in [-0.4, -0.2) is 38.2 Å². The molecule has 1 aliphatic carbocycles. The van der Waals surface area contributed by atoms with Crippen LogP contribution in [-0.2, 0) is 9.53 Å². The normalized spacial score (nSPS) is 19.4. The number of rotatable bonds is 8. The van der Waals surface area contributed by atoms with Crippen molar-refractivity contribution in [3.63, 3.8) is 0 Å². The molecule has 1 N–H and O–H groups in total. The van der Waals surface area contributed by atoms with Crippen LogP contribution in [0.3, 0.4) is 0 Å². The topological polar surface area (TPSA) is 73.9 Å². The van der Waals surface area contributed by atoms with Crippen molar-refractivity contribution in [3.8, 4) is 11.5 Å². The maximum absolute atomic E-state index is 12.3. The Bertz CT molecular complexity index is 643. The first-order chi connectivity index (χ1) is 12.9. The van der Waals surface area contributed by atoms with Crippen LogP contribution in [0.4, 0.5) is 0 Å². The fourth-order valence-electron chi connectivity index (χ4n) is 3.16. The molecule has 1 fully saturated rings. The molecule has 150 valence electrons. The number of amides is 1. The van der Waals surface area contributed by atoms with E-state index in [2.05, 4.69) is 26.1 Å². The monoisotopic (exact) mass is 377 g/mol. The van der Waals surface area contributed by atoms with Gasteiger partial charge in [0, 0.05) is 6.04 Å². The summed E-state index contributed by atoms with van der Waals surface area (Å²) in [6, 6.07) is 5.03. The summed E-state index contributed by atoms with van der Waals surface area (Å²) in [6.45, 7) is 6.52. The third-order valence-corrected chi connectivity index (χ3v) is 4.76. The van der Waals surface area contributed by atoms with Crippen molar-refractivity contribution in [2.75, 3.05) is 20.3 Å². The fraction of sp³-hybridized carbons (Fsp3) is 0.619. The third-order valence-electron chi connectivity index (χ3n) is 4.76. The molecule has 2 atom stereocenters. The van der Waals surface area contributed by atoms with Crippen molar-refractivity contribution < 1.29 is 23.8 Å². The number of hydrogen-bond acceptors (Lipinski definition) is 5. The van der Waals surface area contributed by atoms with E-state index in [1.807, 2.05) is 0 Å². The zero-order chi connectivity index (χ0) is 19.8. The molecule has 0 heterocycles. The third kappa shape index (κ3) is 6.45. The summed E-state index contributed by atoms with van der Waals surface area (Å²) in [5.41, 5.74) is 0.322. The maximum Gasteiger partial charge on any atom is 0.338 e. The lowest BCUT2D eigenvalue weighted by molar-refractivity contribution is -0.125. The van der Waals surface area contributed by atoms with Crippen molar-refractivity contribution >= 4 is 11.9 Å². The zero-order valence-corrected chi connectivity index (χ0v) is 16.7. The van der Waals surface area contributed by atoms with Crippen molar-refractivity contribution in [1.82, 2.24) is 5.32 Å². The minimum absolute atomic E-state index is 0.169. The van der Waals surface area contributed by atoms with Crippen molar-refractivity contribution in [2.24, 2.45) is 11.8 Å². The highest BCUT2D eigenvalue weighted by Crippen LogP contribution is 2.29. The van der Waals surface area contributed by atoms with Gasteiger partial charge in [0.15, 0.2) is 18.1 Å². The molecule has 2 unspecified atom stereocenters. The second kappa shape index (κ2) is 10.2. The van der Waals surface area contributed by atoms with E-state index in [4.69, 9.17) is 14.2 Å². The molecule has 1 saturated carbocycles. The molecule has 0 aliphatic heterocycles. The smallest absolute Gasteiger partial charge is 0.338 e. The lowest BCUT2D eigenvalue weighted by Crippen LogP contribution is -2.42. The van der Waals surface area contributed by atoms with E-state index in [1.54, 1.807) is 18.2 Å². The van der Waals surface area contributed by atoms with Gasteiger partial charge < -0.3 is 19.5 Å². The molecule has 0 radical (unpaired) electrons. The van der Waals surface area contributed by atoms with Crippen LogP contribution in [0.15, 0.2) is 18.2 Å². The standard InChI is InChI=1S/C21H31NO5/c1-14(2)12-26-18-10-9-16(11-19(18)25-4)21(24)27-13-20(23)22-17-8-6-5-7-15(17)3/h9-11,14-15,17H,5-8,12-13H2,1-4H3,(H,22,23). The Morgan fingerprint density at radius 1 is 1.19 bits per heavy atom. The number of esters is 1. The van der Waals surface area contributed by atoms with E-state index >= 15 is 0 Å². The summed E-state index contributed by atoms with van der Waals surface area (Å²) < 4.78 is 16.1. The number of ether oxygens (including phenoxy) is 3. The summed E-state index contributed by atoms with van der Waals surface area (Å²) in [6.07, 6.45) is 4.44. The highest BCUT2D eigenvalue weighted by atomic mass is 16.5. The first kappa shape index (κ1) is 21.1. The minimum atomic E-state index is -0.560. The number of nitrogens with one attached hydrogen (secondary N) is 1. The predicted molar refractivity (Wildman–Crippen MR) is 103 cm³/mol. The molecule has 6 heteroatoms. The Labute approximate surface area is 161 Å². The molecule has 1 aromatic carbocycles. The van der Waals surface area contributed by atoms with Gasteiger partial charge in [-0.25, -0.2) is 4.79 Å². The molecular formula is C21H31NO5. The second-order valence-electron chi connectivity index (χ2n) is 7.58. The van der Waals surface area contributed by atoms with E-state index in [1.165, 1.54) is 13.5 Å². The van der Waals surface area contributed by atoms with Gasteiger partial charge in [0.2, 0.25) is 0 Å². The fourth-order valence-corrected chi connectivity index (χ4v) is 3.16. The summed E-state index contributed by atoms with van der Waals surface area (Å²) in [4.78, 5) is 24.3. The van der Waals surface area contributed by atoms with Gasteiger partial charge in [-0.2, -0.15) is 0 Å². The van der Waals surface area contributed by atoms with Gasteiger partial charge in [-0.05, 0) is 42.9 Å². The lowest BCUT2D eigenvalue weighted by atomic mass is 9.86. The summed E-state index contributed by atoms with van der Waals surface area (Å²) >= 11 is 0. The summed E-state index contributed by atoms with van der Waals surface area (Å²) in [5, 5.41) is 2.97. The number of carbonyl (C=O) groups excluding carboxylic acids is 2. The van der Waals surface area contributed by atoms with Crippen LogP contribution in [0.2, 0.25) is 0 Å². The van der Waals surface area contributed by atoms with Gasteiger partial charge in [-0.3, -0.25) is 4.79 Å². The number of hydrogen-bond donors (Lipinski definition) is 1. The van der Waals surface area contributed by atoms with Crippen LogP contribution >= 0.6 is 0 Å². The first-order valence-corrected chi connectivity index (χ1v) is 9.68. The highest BCUT2D eigenvalue weighted by Gasteiger charge is 2.23. The quantitative estimate of drug-likeness (QED) is 0.701. The average Bonchev–Trinajstić information content (AvgIpc) is 2.66. The van der Waals surface area contributed by atoms with Gasteiger partial charge in [-0.1, -0.05) is 33.6 Å². The molecule has 0 saturated heterocycles. The molecule has 0 aromatic heterocycles. The molecule has 0 spiro atoms. The number of benzene rings is 1. The Morgan fingerprint density at radius 2 is 1.93 bits per heavy atom. The Hall–Kier alpha value is -2.24. The number of methoxy groups -OCH3 is 1. The highest BCUT2D eigenvalue weighted by molar-refractivity contribution is 5.92. The number of carbonyl (C=O) groups is 2. The zero-order valence-electron chi connectivity index (χ0n) is 16.7. The van der Waals surface area contributed by atoms with Crippen LogP contribution in [0.25, 0.3) is 0 Å². The predicted octanol–water partition coefficient (Wildman–Crippen LogP) is 3.58. The molecule has 1 aromatic rings. The van der Waals surface area contributed by atoms with Gasteiger partial charge >= 0.3 is 5.97 Å². The summed E-state index contributed by atoms with van der Waals surface area (Å²) in [7, 11) is 1.52. The maximum atomic E-state index is 12.3. The SMILES string of the molecule is COc1cc(C(=O)OCC(=O)NC2CCCCC2C)ccc1OCC(C)C. The van der Waals surface area contributed by atoms with E-state index in [0.717, 1.165) is 19.3 Å². The van der Waals surface area contributed by atoms with Gasteiger partial charge in [0.05, 0.1) is 19.3 Å².